The second kappa shape index (κ2) is 5.98. The second-order valence-electron chi connectivity index (χ2n) is 5.27. The molecule has 0 saturated carbocycles. The van der Waals surface area contributed by atoms with Crippen molar-refractivity contribution in [2.24, 2.45) is 5.92 Å². The van der Waals surface area contributed by atoms with E-state index in [9.17, 15) is 9.59 Å². The molecule has 1 aromatic heterocycles. The molecule has 0 aromatic carbocycles. The highest BCUT2D eigenvalue weighted by atomic mass is 16.4. The highest BCUT2D eigenvalue weighted by Crippen LogP contribution is 2.18. The van der Waals surface area contributed by atoms with Crippen LogP contribution in [0, 0.1) is 12.8 Å². The fraction of sp³-hybridized carbons (Fsp3) is 0.571. The molecule has 6 heteroatoms. The van der Waals surface area contributed by atoms with E-state index in [0.29, 0.717) is 19.5 Å². The topological polar surface area (TPSA) is 74.0 Å². The number of piperidine rings is 1. The van der Waals surface area contributed by atoms with E-state index in [1.165, 1.54) is 0 Å². The molecule has 20 heavy (non-hydrogen) atoms. The predicted molar refractivity (Wildman–Crippen MR) is 72.2 cm³/mol. The first-order chi connectivity index (χ1) is 9.47. The van der Waals surface area contributed by atoms with Crippen molar-refractivity contribution in [2.75, 3.05) is 20.1 Å². The molecule has 110 valence electrons. The van der Waals surface area contributed by atoms with E-state index >= 15 is 0 Å². The number of nitrogens with zero attached hydrogens (tertiary/aromatic N) is 2. The van der Waals surface area contributed by atoms with Crippen LogP contribution in [-0.2, 0) is 11.3 Å². The summed E-state index contributed by atoms with van der Waals surface area (Å²) in [5.74, 6) is 0.258. The summed E-state index contributed by atoms with van der Waals surface area (Å²) >= 11 is 0. The van der Waals surface area contributed by atoms with E-state index in [1.807, 2.05) is 19.1 Å². The van der Waals surface area contributed by atoms with Gasteiger partial charge in [0, 0.05) is 20.1 Å². The minimum absolute atomic E-state index is 0.148. The molecule has 1 aromatic rings. The summed E-state index contributed by atoms with van der Waals surface area (Å²) in [7, 11) is 1.70. The maximum Gasteiger partial charge on any atom is 0.320 e. The van der Waals surface area contributed by atoms with Crippen LogP contribution >= 0.6 is 0 Å². The average Bonchev–Trinajstić information content (AvgIpc) is 2.83. The fourth-order valence-electron chi connectivity index (χ4n) is 2.47. The summed E-state index contributed by atoms with van der Waals surface area (Å²) in [6, 6.07) is 3.55. The Morgan fingerprint density at radius 2 is 2.25 bits per heavy atom. The largest absolute Gasteiger partial charge is 0.481 e. The summed E-state index contributed by atoms with van der Waals surface area (Å²) < 4.78 is 5.44. The number of hydrogen-bond donors (Lipinski definition) is 1. The lowest BCUT2D eigenvalue weighted by molar-refractivity contribution is -0.143. The monoisotopic (exact) mass is 280 g/mol. The lowest BCUT2D eigenvalue weighted by atomic mass is 9.99. The Balaban J connectivity index is 1.94. The van der Waals surface area contributed by atoms with Crippen LogP contribution in [0.1, 0.15) is 24.4 Å². The molecule has 2 rings (SSSR count). The van der Waals surface area contributed by atoms with Crippen LogP contribution in [0.2, 0.25) is 0 Å². The van der Waals surface area contributed by atoms with E-state index < -0.39 is 11.9 Å². The first-order valence-electron chi connectivity index (χ1n) is 6.75. The molecule has 6 nitrogen and oxygen atoms in total. The van der Waals surface area contributed by atoms with Crippen LogP contribution in [0.25, 0.3) is 0 Å². The molecule has 0 radical (unpaired) electrons. The number of likely N-dealkylation sites (tertiary alicyclic amines) is 1. The molecule has 2 amide bonds. The summed E-state index contributed by atoms with van der Waals surface area (Å²) in [6.45, 7) is 3.15. The van der Waals surface area contributed by atoms with Gasteiger partial charge in [0.25, 0.3) is 0 Å². The molecule has 1 saturated heterocycles. The zero-order chi connectivity index (χ0) is 14.7. The molecule has 1 fully saturated rings. The van der Waals surface area contributed by atoms with Crippen molar-refractivity contribution in [3.05, 3.63) is 23.7 Å². The SMILES string of the molecule is Cc1ccc(CN(C)C(=O)N2CCCC(C(=O)O)C2)o1. The Morgan fingerprint density at radius 1 is 1.50 bits per heavy atom. The molecule has 1 N–H and O–H groups in total. The molecule has 0 spiro atoms. The number of carbonyl (C=O) groups excluding carboxylic acids is 1. The normalized spacial score (nSPS) is 18.9. The number of aliphatic carboxylic acids is 1. The van der Waals surface area contributed by atoms with Gasteiger partial charge < -0.3 is 19.3 Å². The Morgan fingerprint density at radius 3 is 2.85 bits per heavy atom. The highest BCUT2D eigenvalue weighted by Gasteiger charge is 2.29. The lowest BCUT2D eigenvalue weighted by Crippen LogP contribution is -2.47. The Labute approximate surface area is 118 Å². The van der Waals surface area contributed by atoms with Crippen LogP contribution in [-0.4, -0.2) is 47.0 Å². The maximum atomic E-state index is 12.3. The number of hydrogen-bond acceptors (Lipinski definition) is 3. The van der Waals surface area contributed by atoms with Crippen molar-refractivity contribution in [3.63, 3.8) is 0 Å². The Bertz CT molecular complexity index is 497. The van der Waals surface area contributed by atoms with Crippen molar-refractivity contribution >= 4 is 12.0 Å². The Kier molecular flexibility index (Phi) is 4.32. The lowest BCUT2D eigenvalue weighted by Gasteiger charge is -2.33. The van der Waals surface area contributed by atoms with Gasteiger partial charge in [0.1, 0.15) is 11.5 Å². The smallest absolute Gasteiger partial charge is 0.320 e. The Hall–Kier alpha value is -1.98. The van der Waals surface area contributed by atoms with Crippen molar-refractivity contribution in [1.29, 1.82) is 0 Å². The molecule has 1 unspecified atom stereocenters. The van der Waals surface area contributed by atoms with Gasteiger partial charge in [-0.2, -0.15) is 0 Å². The highest BCUT2D eigenvalue weighted by molar-refractivity contribution is 5.76. The van der Waals surface area contributed by atoms with E-state index in [0.717, 1.165) is 17.9 Å². The fourth-order valence-corrected chi connectivity index (χ4v) is 2.47. The number of furan rings is 1. The zero-order valence-electron chi connectivity index (χ0n) is 11.8. The first-order valence-corrected chi connectivity index (χ1v) is 6.75. The molecular weight excluding hydrogens is 260 g/mol. The van der Waals surface area contributed by atoms with Crippen LogP contribution in [0.15, 0.2) is 16.5 Å². The van der Waals surface area contributed by atoms with Crippen molar-refractivity contribution < 1.29 is 19.1 Å². The second-order valence-corrected chi connectivity index (χ2v) is 5.27. The van der Waals surface area contributed by atoms with Crippen LogP contribution in [0.5, 0.6) is 0 Å². The van der Waals surface area contributed by atoms with E-state index in [4.69, 9.17) is 9.52 Å². The van der Waals surface area contributed by atoms with Crippen LogP contribution in [0.4, 0.5) is 4.79 Å². The number of carboxylic acids is 1. The van der Waals surface area contributed by atoms with Crippen molar-refractivity contribution in [1.82, 2.24) is 9.80 Å². The summed E-state index contributed by atoms with van der Waals surface area (Å²) in [4.78, 5) is 26.5. The van der Waals surface area contributed by atoms with Crippen LogP contribution < -0.4 is 0 Å². The predicted octanol–water partition coefficient (Wildman–Crippen LogP) is 1.94. The maximum absolute atomic E-state index is 12.3. The average molecular weight is 280 g/mol. The zero-order valence-corrected chi connectivity index (χ0v) is 11.8. The van der Waals surface area contributed by atoms with Gasteiger partial charge in [-0.3, -0.25) is 4.79 Å². The van der Waals surface area contributed by atoms with E-state index in [-0.39, 0.29) is 12.6 Å². The molecule has 1 aliphatic heterocycles. The first kappa shape index (κ1) is 14.4. The number of carbonyl (C=O) groups is 2. The summed E-state index contributed by atoms with van der Waals surface area (Å²) in [6.07, 6.45) is 1.37. The van der Waals surface area contributed by atoms with Gasteiger partial charge in [0.15, 0.2) is 0 Å². The van der Waals surface area contributed by atoms with Crippen LogP contribution in [0.3, 0.4) is 0 Å². The number of aryl methyl sites for hydroxylation is 1. The quantitative estimate of drug-likeness (QED) is 0.918. The van der Waals surface area contributed by atoms with Crippen molar-refractivity contribution in [3.8, 4) is 0 Å². The van der Waals surface area contributed by atoms with E-state index in [2.05, 4.69) is 0 Å². The molecule has 1 atom stereocenters. The number of carboxylic acid groups (broad SMARTS) is 1. The van der Waals surface area contributed by atoms with Gasteiger partial charge in [0.2, 0.25) is 0 Å². The van der Waals surface area contributed by atoms with Gasteiger partial charge >= 0.3 is 12.0 Å². The standard InChI is InChI=1S/C14H20N2O4/c1-10-5-6-12(20-10)9-15(2)14(19)16-7-3-4-11(8-16)13(17)18/h5-6,11H,3-4,7-9H2,1-2H3,(H,17,18). The third-order valence-corrected chi connectivity index (χ3v) is 3.56. The molecule has 2 heterocycles. The molecule has 0 aliphatic carbocycles. The minimum atomic E-state index is -0.827. The number of rotatable bonds is 3. The van der Waals surface area contributed by atoms with Crippen molar-refractivity contribution in [2.45, 2.75) is 26.3 Å². The molecule has 1 aliphatic rings. The third kappa shape index (κ3) is 3.31. The molecule has 0 bridgehead atoms. The number of urea groups is 1. The van der Waals surface area contributed by atoms with E-state index in [1.54, 1.807) is 16.8 Å². The third-order valence-electron chi connectivity index (χ3n) is 3.56. The van der Waals surface area contributed by atoms with Gasteiger partial charge in [-0.15, -0.1) is 0 Å². The summed E-state index contributed by atoms with van der Waals surface area (Å²) in [5, 5.41) is 9.05. The molecular formula is C14H20N2O4. The minimum Gasteiger partial charge on any atom is -0.481 e. The van der Waals surface area contributed by atoms with Gasteiger partial charge in [-0.25, -0.2) is 4.79 Å². The van der Waals surface area contributed by atoms with Gasteiger partial charge in [-0.05, 0) is 31.9 Å². The van der Waals surface area contributed by atoms with Gasteiger partial charge in [0.05, 0.1) is 12.5 Å². The van der Waals surface area contributed by atoms with Gasteiger partial charge in [-0.1, -0.05) is 0 Å². The number of amides is 2. The summed E-state index contributed by atoms with van der Waals surface area (Å²) in [5.41, 5.74) is 0.